The minimum Gasteiger partial charge on any atom is -0.381 e. The zero-order valence-corrected chi connectivity index (χ0v) is 11.1. The van der Waals surface area contributed by atoms with Crippen LogP contribution >= 0.6 is 0 Å². The van der Waals surface area contributed by atoms with Gasteiger partial charge in [0.15, 0.2) is 9.84 Å². The highest BCUT2D eigenvalue weighted by molar-refractivity contribution is 7.91. The van der Waals surface area contributed by atoms with Gasteiger partial charge in [-0.2, -0.15) is 0 Å². The van der Waals surface area contributed by atoms with Crippen molar-refractivity contribution in [3.05, 3.63) is 34.4 Å². The van der Waals surface area contributed by atoms with Gasteiger partial charge in [0.1, 0.15) is 0 Å². The van der Waals surface area contributed by atoms with Crippen molar-refractivity contribution in [2.45, 2.75) is 19.9 Å². The van der Waals surface area contributed by atoms with E-state index in [1.54, 1.807) is 26.0 Å². The van der Waals surface area contributed by atoms with E-state index in [9.17, 15) is 18.5 Å². The number of hydrogen-bond acceptors (Lipinski definition) is 5. The summed E-state index contributed by atoms with van der Waals surface area (Å²) in [5.74, 6) is 0.0974. The number of nitro benzene ring substituents is 1. The SMILES string of the molecule is CCS(=O)(=O)CC(C)Nc1cccc([N+](=O)[O-])c1. The maximum absolute atomic E-state index is 11.4. The second-order valence-electron chi connectivity index (χ2n) is 4.05. The summed E-state index contributed by atoms with van der Waals surface area (Å²) in [6.07, 6.45) is 0. The molecule has 1 aromatic carbocycles. The Kier molecular flexibility index (Phi) is 4.66. The van der Waals surface area contributed by atoms with Gasteiger partial charge in [0.2, 0.25) is 0 Å². The first kappa shape index (κ1) is 14.4. The predicted octanol–water partition coefficient (Wildman–Crippen LogP) is 1.83. The summed E-state index contributed by atoms with van der Waals surface area (Å²) in [5.41, 5.74) is 0.522. The standard InChI is InChI=1S/C11H16N2O4S/c1-3-18(16,17)8-9(2)12-10-5-4-6-11(7-10)13(14)15/h4-7,9,12H,3,8H2,1-2H3. The van der Waals surface area contributed by atoms with E-state index in [0.29, 0.717) is 5.69 Å². The summed E-state index contributed by atoms with van der Waals surface area (Å²) in [7, 11) is -3.06. The first-order chi connectivity index (χ1) is 8.34. The molecule has 18 heavy (non-hydrogen) atoms. The monoisotopic (exact) mass is 272 g/mol. The Balaban J connectivity index is 2.73. The lowest BCUT2D eigenvalue weighted by Gasteiger charge is -2.14. The maximum Gasteiger partial charge on any atom is 0.271 e. The molecule has 0 heterocycles. The van der Waals surface area contributed by atoms with E-state index in [4.69, 9.17) is 0 Å². The largest absolute Gasteiger partial charge is 0.381 e. The van der Waals surface area contributed by atoms with Crippen molar-refractivity contribution >= 4 is 21.2 Å². The molecule has 1 atom stereocenters. The van der Waals surface area contributed by atoms with E-state index in [1.165, 1.54) is 12.1 Å². The summed E-state index contributed by atoms with van der Waals surface area (Å²) >= 11 is 0. The molecular formula is C11H16N2O4S. The van der Waals surface area contributed by atoms with Crippen molar-refractivity contribution in [3.63, 3.8) is 0 Å². The van der Waals surface area contributed by atoms with Crippen LogP contribution < -0.4 is 5.32 Å². The molecular weight excluding hydrogens is 256 g/mol. The molecule has 0 amide bonds. The van der Waals surface area contributed by atoms with Crippen LogP contribution in [0.1, 0.15) is 13.8 Å². The van der Waals surface area contributed by atoms with Crippen molar-refractivity contribution in [2.24, 2.45) is 0 Å². The average Bonchev–Trinajstić information content (AvgIpc) is 2.28. The van der Waals surface area contributed by atoms with Gasteiger partial charge >= 0.3 is 0 Å². The van der Waals surface area contributed by atoms with E-state index >= 15 is 0 Å². The third-order valence-corrected chi connectivity index (χ3v) is 4.30. The Morgan fingerprint density at radius 2 is 2.11 bits per heavy atom. The van der Waals surface area contributed by atoms with Gasteiger partial charge in [0, 0.05) is 29.6 Å². The summed E-state index contributed by atoms with van der Waals surface area (Å²) in [6, 6.07) is 5.70. The molecule has 6 nitrogen and oxygen atoms in total. The lowest BCUT2D eigenvalue weighted by atomic mass is 10.2. The Labute approximate surface area is 106 Å². The molecule has 0 spiro atoms. The van der Waals surface area contributed by atoms with Crippen LogP contribution in [0.15, 0.2) is 24.3 Å². The minimum absolute atomic E-state index is 0.00614. The zero-order chi connectivity index (χ0) is 13.8. The van der Waals surface area contributed by atoms with Crippen molar-refractivity contribution in [1.29, 1.82) is 0 Å². The Morgan fingerprint density at radius 1 is 1.44 bits per heavy atom. The third kappa shape index (κ3) is 4.33. The highest BCUT2D eigenvalue weighted by Gasteiger charge is 2.14. The lowest BCUT2D eigenvalue weighted by molar-refractivity contribution is -0.384. The fourth-order valence-corrected chi connectivity index (χ4v) is 2.62. The van der Waals surface area contributed by atoms with Crippen LogP contribution in [0.4, 0.5) is 11.4 Å². The number of nitrogens with zero attached hydrogens (tertiary/aromatic N) is 1. The van der Waals surface area contributed by atoms with Crippen LogP contribution in [0.25, 0.3) is 0 Å². The van der Waals surface area contributed by atoms with Crippen molar-refractivity contribution in [2.75, 3.05) is 16.8 Å². The number of nitro groups is 1. The van der Waals surface area contributed by atoms with Crippen molar-refractivity contribution in [3.8, 4) is 0 Å². The van der Waals surface area contributed by atoms with E-state index in [0.717, 1.165) is 0 Å². The van der Waals surface area contributed by atoms with Crippen LogP contribution in [0.2, 0.25) is 0 Å². The van der Waals surface area contributed by atoms with Gasteiger partial charge in [-0.1, -0.05) is 13.0 Å². The summed E-state index contributed by atoms with van der Waals surface area (Å²) in [4.78, 5) is 10.1. The number of anilines is 1. The number of hydrogen-bond donors (Lipinski definition) is 1. The second kappa shape index (κ2) is 5.81. The number of non-ortho nitro benzene ring substituents is 1. The van der Waals surface area contributed by atoms with Gasteiger partial charge < -0.3 is 5.32 Å². The first-order valence-electron chi connectivity index (χ1n) is 5.55. The van der Waals surface area contributed by atoms with Gasteiger partial charge in [0.25, 0.3) is 5.69 Å². The number of nitrogens with one attached hydrogen (secondary N) is 1. The summed E-state index contributed by atoms with van der Waals surface area (Å²) < 4.78 is 22.9. The maximum atomic E-state index is 11.4. The molecule has 0 fully saturated rings. The van der Waals surface area contributed by atoms with E-state index < -0.39 is 14.8 Å². The second-order valence-corrected chi connectivity index (χ2v) is 6.45. The molecule has 0 bridgehead atoms. The van der Waals surface area contributed by atoms with Gasteiger partial charge in [-0.3, -0.25) is 10.1 Å². The van der Waals surface area contributed by atoms with Gasteiger partial charge in [-0.25, -0.2) is 8.42 Å². The number of rotatable bonds is 6. The molecule has 0 aliphatic rings. The number of sulfone groups is 1. The van der Waals surface area contributed by atoms with Crippen LogP contribution in [-0.4, -0.2) is 30.9 Å². The molecule has 0 aromatic heterocycles. The van der Waals surface area contributed by atoms with Crippen molar-refractivity contribution < 1.29 is 13.3 Å². The number of benzene rings is 1. The molecule has 0 radical (unpaired) electrons. The van der Waals surface area contributed by atoms with Crippen LogP contribution in [0.5, 0.6) is 0 Å². The summed E-state index contributed by atoms with van der Waals surface area (Å²) in [6.45, 7) is 3.32. The molecule has 100 valence electrons. The van der Waals surface area contributed by atoms with Gasteiger partial charge in [-0.15, -0.1) is 0 Å². The molecule has 1 aromatic rings. The Hall–Kier alpha value is -1.63. The van der Waals surface area contributed by atoms with Crippen LogP contribution in [-0.2, 0) is 9.84 Å². The van der Waals surface area contributed by atoms with Gasteiger partial charge in [0.05, 0.1) is 10.7 Å². The third-order valence-electron chi connectivity index (χ3n) is 2.41. The predicted molar refractivity (Wildman–Crippen MR) is 70.5 cm³/mol. The Bertz CT molecular complexity index is 528. The first-order valence-corrected chi connectivity index (χ1v) is 7.37. The minimum atomic E-state index is -3.06. The molecule has 0 aliphatic heterocycles. The smallest absolute Gasteiger partial charge is 0.271 e. The normalized spacial score (nSPS) is 13.0. The average molecular weight is 272 g/mol. The lowest BCUT2D eigenvalue weighted by Crippen LogP contribution is -2.26. The molecule has 1 rings (SSSR count). The molecule has 0 saturated carbocycles. The van der Waals surface area contributed by atoms with Crippen LogP contribution in [0.3, 0.4) is 0 Å². The topological polar surface area (TPSA) is 89.3 Å². The molecule has 7 heteroatoms. The highest BCUT2D eigenvalue weighted by Crippen LogP contribution is 2.17. The molecule has 0 saturated heterocycles. The van der Waals surface area contributed by atoms with E-state index in [-0.39, 0.29) is 23.2 Å². The molecule has 1 unspecified atom stereocenters. The van der Waals surface area contributed by atoms with E-state index in [2.05, 4.69) is 5.32 Å². The Morgan fingerprint density at radius 3 is 2.67 bits per heavy atom. The fourth-order valence-electron chi connectivity index (χ4n) is 1.53. The van der Waals surface area contributed by atoms with E-state index in [1.807, 2.05) is 0 Å². The van der Waals surface area contributed by atoms with Crippen molar-refractivity contribution in [1.82, 2.24) is 0 Å². The fraction of sp³-hybridized carbons (Fsp3) is 0.455. The quantitative estimate of drug-likeness (QED) is 0.630. The van der Waals surface area contributed by atoms with Crippen LogP contribution in [0, 0.1) is 10.1 Å². The zero-order valence-electron chi connectivity index (χ0n) is 10.3. The summed E-state index contributed by atoms with van der Waals surface area (Å²) in [5, 5.41) is 13.5. The molecule has 1 N–H and O–H groups in total. The van der Waals surface area contributed by atoms with Gasteiger partial charge in [-0.05, 0) is 13.0 Å². The molecule has 0 aliphatic carbocycles. The highest BCUT2D eigenvalue weighted by atomic mass is 32.2.